The van der Waals surface area contributed by atoms with Crippen LogP contribution in [0.5, 0.6) is 0 Å². The number of carbonyl (C=O) groups excluding carboxylic acids is 3. The van der Waals surface area contributed by atoms with Gasteiger partial charge in [-0.05, 0) is 36.6 Å². The summed E-state index contributed by atoms with van der Waals surface area (Å²) in [6.45, 7) is -0.219. The van der Waals surface area contributed by atoms with E-state index in [0.29, 0.717) is 16.9 Å². The number of anilines is 2. The Hall–Kier alpha value is -2.80. The van der Waals surface area contributed by atoms with Crippen molar-refractivity contribution in [3.8, 4) is 0 Å². The molecule has 1 heterocycles. The molecule has 0 bridgehead atoms. The van der Waals surface area contributed by atoms with Crippen molar-refractivity contribution in [2.45, 2.75) is 4.90 Å². The first-order valence-electron chi connectivity index (χ1n) is 8.08. The summed E-state index contributed by atoms with van der Waals surface area (Å²) in [6.07, 6.45) is 1.96. The van der Waals surface area contributed by atoms with Crippen molar-refractivity contribution in [3.05, 3.63) is 54.1 Å². The number of nitrogens with one attached hydrogen (secondary N) is 1. The lowest BCUT2D eigenvalue weighted by Gasteiger charge is -2.21. The molecule has 0 atom stereocenters. The van der Waals surface area contributed by atoms with E-state index in [2.05, 4.69) is 5.32 Å². The van der Waals surface area contributed by atoms with E-state index < -0.39 is 0 Å². The molecular weight excluding hydrogens is 350 g/mol. The zero-order valence-electron chi connectivity index (χ0n) is 14.6. The van der Waals surface area contributed by atoms with Crippen molar-refractivity contribution in [1.82, 2.24) is 4.90 Å². The zero-order valence-corrected chi connectivity index (χ0v) is 15.4. The van der Waals surface area contributed by atoms with E-state index in [1.54, 1.807) is 49.1 Å². The lowest BCUT2D eigenvalue weighted by atomic mass is 10.1. The fourth-order valence-corrected chi connectivity index (χ4v) is 3.27. The second kappa shape index (κ2) is 7.61. The Morgan fingerprint density at radius 1 is 1.15 bits per heavy atom. The van der Waals surface area contributed by atoms with Gasteiger partial charge in [0.1, 0.15) is 13.1 Å². The van der Waals surface area contributed by atoms with Gasteiger partial charge in [0.15, 0.2) is 0 Å². The van der Waals surface area contributed by atoms with Gasteiger partial charge in [-0.1, -0.05) is 18.2 Å². The summed E-state index contributed by atoms with van der Waals surface area (Å²) in [6, 6.07) is 14.3. The first-order chi connectivity index (χ1) is 12.5. The third-order valence-corrected chi connectivity index (χ3v) is 4.83. The number of likely N-dealkylation sites (N-methyl/N-ethyl adjacent to an activating group) is 1. The number of hydrogen-bond acceptors (Lipinski definition) is 4. The van der Waals surface area contributed by atoms with E-state index >= 15 is 0 Å². The third-order valence-electron chi connectivity index (χ3n) is 4.10. The molecular formula is C19H19N3O3S. The maximum atomic E-state index is 12.6. The molecule has 3 rings (SSSR count). The molecule has 2 aromatic carbocycles. The molecule has 0 spiro atoms. The Morgan fingerprint density at radius 3 is 2.69 bits per heavy atom. The summed E-state index contributed by atoms with van der Waals surface area (Å²) in [5.41, 5.74) is 1.54. The minimum absolute atomic E-state index is 0.0667. The second-order valence-corrected chi connectivity index (χ2v) is 6.82. The Bertz CT molecular complexity index is 869. The lowest BCUT2D eigenvalue weighted by molar-refractivity contribution is -0.121. The molecule has 6 nitrogen and oxygen atoms in total. The van der Waals surface area contributed by atoms with E-state index in [0.717, 1.165) is 4.90 Å². The summed E-state index contributed by atoms with van der Waals surface area (Å²) in [4.78, 5) is 41.3. The molecule has 0 saturated carbocycles. The van der Waals surface area contributed by atoms with Gasteiger partial charge in [0.05, 0.1) is 11.3 Å². The summed E-state index contributed by atoms with van der Waals surface area (Å²) >= 11 is 1.58. The minimum Gasteiger partial charge on any atom is -0.332 e. The summed E-state index contributed by atoms with van der Waals surface area (Å²) in [5.74, 6) is -0.841. The number of carbonyl (C=O) groups is 3. The molecule has 3 amide bonds. The lowest BCUT2D eigenvalue weighted by Crippen LogP contribution is -2.41. The Labute approximate surface area is 156 Å². The fraction of sp³-hybridized carbons (Fsp3) is 0.211. The van der Waals surface area contributed by atoms with E-state index in [-0.39, 0.29) is 30.8 Å². The van der Waals surface area contributed by atoms with Crippen LogP contribution in [0.4, 0.5) is 11.4 Å². The van der Waals surface area contributed by atoms with Crippen LogP contribution in [0, 0.1) is 0 Å². The number of rotatable bonds is 4. The van der Waals surface area contributed by atoms with Crippen molar-refractivity contribution in [1.29, 1.82) is 0 Å². The molecule has 1 N–H and O–H groups in total. The van der Waals surface area contributed by atoms with Crippen LogP contribution in [-0.2, 0) is 9.59 Å². The molecule has 0 fully saturated rings. The van der Waals surface area contributed by atoms with Gasteiger partial charge in [-0.2, -0.15) is 0 Å². The molecule has 134 valence electrons. The minimum atomic E-state index is -0.316. The Balaban J connectivity index is 1.83. The first kappa shape index (κ1) is 18.0. The van der Waals surface area contributed by atoms with Gasteiger partial charge in [-0.25, -0.2) is 0 Å². The van der Waals surface area contributed by atoms with Crippen LogP contribution in [0.25, 0.3) is 0 Å². The van der Waals surface area contributed by atoms with Gasteiger partial charge in [0.2, 0.25) is 11.8 Å². The SMILES string of the molecule is CSc1cccc(NC(=O)CN2C(=O)CN(C)C(=O)c3ccccc32)c1. The van der Waals surface area contributed by atoms with Crippen molar-refractivity contribution < 1.29 is 14.4 Å². The Morgan fingerprint density at radius 2 is 1.92 bits per heavy atom. The molecule has 1 aliphatic rings. The van der Waals surface area contributed by atoms with Crippen molar-refractivity contribution >= 4 is 40.9 Å². The monoisotopic (exact) mass is 369 g/mol. The van der Waals surface area contributed by atoms with Crippen LogP contribution in [0.15, 0.2) is 53.4 Å². The van der Waals surface area contributed by atoms with E-state index in [9.17, 15) is 14.4 Å². The average Bonchev–Trinajstić information content (AvgIpc) is 2.73. The molecule has 0 aliphatic carbocycles. The number of thioether (sulfide) groups is 1. The summed E-state index contributed by atoms with van der Waals surface area (Å²) < 4.78 is 0. The van der Waals surface area contributed by atoms with Crippen LogP contribution in [0.2, 0.25) is 0 Å². The van der Waals surface area contributed by atoms with E-state index in [4.69, 9.17) is 0 Å². The molecule has 7 heteroatoms. The van der Waals surface area contributed by atoms with Gasteiger partial charge in [0, 0.05) is 17.6 Å². The molecule has 0 radical (unpaired) electrons. The molecule has 1 aliphatic heterocycles. The number of fused-ring (bicyclic) bond motifs is 1. The fourth-order valence-electron chi connectivity index (χ4n) is 2.81. The summed E-state index contributed by atoms with van der Waals surface area (Å²) in [5, 5.41) is 2.81. The van der Waals surface area contributed by atoms with Gasteiger partial charge in [-0.3, -0.25) is 14.4 Å². The van der Waals surface area contributed by atoms with Crippen molar-refractivity contribution in [3.63, 3.8) is 0 Å². The Kier molecular flexibility index (Phi) is 5.27. The first-order valence-corrected chi connectivity index (χ1v) is 9.31. The molecule has 26 heavy (non-hydrogen) atoms. The number of benzene rings is 2. The van der Waals surface area contributed by atoms with Crippen LogP contribution in [0.3, 0.4) is 0 Å². The topological polar surface area (TPSA) is 69.7 Å². The third kappa shape index (κ3) is 3.72. The highest BCUT2D eigenvalue weighted by Gasteiger charge is 2.30. The zero-order chi connectivity index (χ0) is 18.7. The standard InChI is InChI=1S/C19H19N3O3S/c1-21-12-18(24)22(16-9-4-3-8-15(16)19(21)25)11-17(23)20-13-6-5-7-14(10-13)26-2/h3-10H,11-12H2,1-2H3,(H,20,23). The van der Waals surface area contributed by atoms with Gasteiger partial charge >= 0.3 is 0 Å². The molecule has 0 saturated heterocycles. The molecule has 0 aromatic heterocycles. The van der Waals surface area contributed by atoms with E-state index in [1.807, 2.05) is 24.5 Å². The second-order valence-electron chi connectivity index (χ2n) is 5.94. The maximum Gasteiger partial charge on any atom is 0.256 e. The van der Waals surface area contributed by atoms with Crippen LogP contribution >= 0.6 is 11.8 Å². The maximum absolute atomic E-state index is 12.6. The van der Waals surface area contributed by atoms with Crippen LogP contribution < -0.4 is 10.2 Å². The van der Waals surface area contributed by atoms with Gasteiger partial charge in [-0.15, -0.1) is 11.8 Å². The summed E-state index contributed by atoms with van der Waals surface area (Å²) in [7, 11) is 1.58. The van der Waals surface area contributed by atoms with Gasteiger partial charge in [0.25, 0.3) is 5.91 Å². The quantitative estimate of drug-likeness (QED) is 0.841. The van der Waals surface area contributed by atoms with Crippen molar-refractivity contribution in [2.24, 2.45) is 0 Å². The van der Waals surface area contributed by atoms with Gasteiger partial charge < -0.3 is 15.1 Å². The predicted octanol–water partition coefficient (Wildman–Crippen LogP) is 2.47. The highest BCUT2D eigenvalue weighted by molar-refractivity contribution is 7.98. The number of hydrogen-bond donors (Lipinski definition) is 1. The highest BCUT2D eigenvalue weighted by Crippen LogP contribution is 2.25. The number of para-hydroxylation sites is 1. The highest BCUT2D eigenvalue weighted by atomic mass is 32.2. The van der Waals surface area contributed by atoms with Crippen LogP contribution in [0.1, 0.15) is 10.4 Å². The van der Waals surface area contributed by atoms with Crippen molar-refractivity contribution in [2.75, 3.05) is 36.6 Å². The molecule has 0 unspecified atom stereocenters. The predicted molar refractivity (Wildman–Crippen MR) is 103 cm³/mol. The largest absolute Gasteiger partial charge is 0.332 e. The van der Waals surface area contributed by atoms with Crippen LogP contribution in [-0.4, -0.2) is 49.0 Å². The molecule has 2 aromatic rings. The number of amides is 3. The van der Waals surface area contributed by atoms with E-state index in [1.165, 1.54) is 9.80 Å². The smallest absolute Gasteiger partial charge is 0.256 e. The number of nitrogens with zero attached hydrogens (tertiary/aromatic N) is 2. The average molecular weight is 369 g/mol. The normalized spacial score (nSPS) is 14.1.